The highest BCUT2D eigenvalue weighted by atomic mass is 16.5. The fraction of sp³-hybridized carbons (Fsp3) is 0.217. The molecule has 0 aliphatic rings. The van der Waals surface area contributed by atoms with Crippen LogP contribution in [0.25, 0.3) is 17.0 Å². The van der Waals surface area contributed by atoms with Crippen molar-refractivity contribution in [2.24, 2.45) is 0 Å². The molecule has 0 radical (unpaired) electrons. The van der Waals surface area contributed by atoms with Gasteiger partial charge in [0.2, 0.25) is 11.8 Å². The van der Waals surface area contributed by atoms with Gasteiger partial charge < -0.3 is 19.9 Å². The number of hydrogen-bond donors (Lipinski definition) is 2. The molecular formula is C23H25N3O3. The van der Waals surface area contributed by atoms with Crippen LogP contribution < -0.4 is 15.0 Å². The van der Waals surface area contributed by atoms with Crippen molar-refractivity contribution >= 4 is 34.5 Å². The summed E-state index contributed by atoms with van der Waals surface area (Å²) < 4.78 is 5.11. The van der Waals surface area contributed by atoms with E-state index in [2.05, 4.69) is 10.3 Å². The van der Waals surface area contributed by atoms with Gasteiger partial charge in [-0.15, -0.1) is 0 Å². The number of carbonyl (C=O) groups is 2. The SMILES string of the molecule is CCN(C(=O)CCNC(=O)/C=C/c1ccc(OC)cc1)c1ccc2[nH]ccc2c1. The van der Waals surface area contributed by atoms with Crippen molar-refractivity contribution in [2.75, 3.05) is 25.1 Å². The van der Waals surface area contributed by atoms with E-state index in [0.29, 0.717) is 6.54 Å². The molecule has 0 saturated carbocycles. The van der Waals surface area contributed by atoms with Crippen LogP contribution in [0, 0.1) is 0 Å². The van der Waals surface area contributed by atoms with Crippen molar-refractivity contribution in [1.82, 2.24) is 10.3 Å². The number of nitrogens with zero attached hydrogens (tertiary/aromatic N) is 1. The number of rotatable bonds is 8. The number of amides is 2. The average Bonchev–Trinajstić information content (AvgIpc) is 3.21. The van der Waals surface area contributed by atoms with Crippen LogP contribution in [-0.2, 0) is 9.59 Å². The Morgan fingerprint density at radius 1 is 1.14 bits per heavy atom. The van der Waals surface area contributed by atoms with Gasteiger partial charge in [0, 0.05) is 48.4 Å². The van der Waals surface area contributed by atoms with Gasteiger partial charge >= 0.3 is 0 Å². The monoisotopic (exact) mass is 391 g/mol. The van der Waals surface area contributed by atoms with Crippen molar-refractivity contribution in [3.63, 3.8) is 0 Å². The highest BCUT2D eigenvalue weighted by molar-refractivity contribution is 5.96. The molecule has 0 atom stereocenters. The van der Waals surface area contributed by atoms with Crippen molar-refractivity contribution < 1.29 is 14.3 Å². The van der Waals surface area contributed by atoms with Gasteiger partial charge in [0.15, 0.2) is 0 Å². The molecule has 0 aliphatic carbocycles. The molecule has 0 aliphatic heterocycles. The molecule has 6 heteroatoms. The zero-order valence-electron chi connectivity index (χ0n) is 16.6. The third kappa shape index (κ3) is 5.25. The molecule has 0 unspecified atom stereocenters. The van der Waals surface area contributed by atoms with Gasteiger partial charge in [-0.2, -0.15) is 0 Å². The number of aromatic nitrogens is 1. The van der Waals surface area contributed by atoms with Crippen LogP contribution in [0.15, 0.2) is 60.8 Å². The summed E-state index contributed by atoms with van der Waals surface area (Å²) in [5.41, 5.74) is 2.79. The lowest BCUT2D eigenvalue weighted by Crippen LogP contribution is -2.34. The zero-order valence-corrected chi connectivity index (χ0v) is 16.6. The van der Waals surface area contributed by atoms with Crippen molar-refractivity contribution in [3.05, 3.63) is 66.4 Å². The minimum absolute atomic E-state index is 0.0261. The predicted molar refractivity (Wildman–Crippen MR) is 116 cm³/mol. The number of ether oxygens (including phenoxy) is 1. The Bertz CT molecular complexity index is 1010. The van der Waals surface area contributed by atoms with Crippen LogP contribution in [-0.4, -0.2) is 37.0 Å². The Morgan fingerprint density at radius 2 is 1.93 bits per heavy atom. The van der Waals surface area contributed by atoms with Crippen LogP contribution >= 0.6 is 0 Å². The van der Waals surface area contributed by atoms with E-state index in [4.69, 9.17) is 4.74 Å². The summed E-state index contributed by atoms with van der Waals surface area (Å²) in [4.78, 5) is 29.5. The van der Waals surface area contributed by atoms with Crippen molar-refractivity contribution in [2.45, 2.75) is 13.3 Å². The van der Waals surface area contributed by atoms with Crippen LogP contribution in [0.4, 0.5) is 5.69 Å². The lowest BCUT2D eigenvalue weighted by molar-refractivity contribution is -0.119. The van der Waals surface area contributed by atoms with E-state index in [9.17, 15) is 9.59 Å². The normalized spacial score (nSPS) is 11.0. The summed E-state index contributed by atoms with van der Waals surface area (Å²) in [6.45, 7) is 2.79. The van der Waals surface area contributed by atoms with E-state index in [1.165, 1.54) is 6.08 Å². The Morgan fingerprint density at radius 3 is 2.66 bits per heavy atom. The first-order valence-electron chi connectivity index (χ1n) is 9.58. The Balaban J connectivity index is 1.50. The molecule has 2 aromatic carbocycles. The summed E-state index contributed by atoms with van der Waals surface area (Å²) >= 11 is 0. The molecule has 0 bridgehead atoms. The number of H-pyrrole nitrogens is 1. The number of anilines is 1. The van der Waals surface area contributed by atoms with Gasteiger partial charge in [0.05, 0.1) is 7.11 Å². The molecule has 29 heavy (non-hydrogen) atoms. The Hall–Kier alpha value is -3.54. The molecule has 0 saturated heterocycles. The van der Waals surface area contributed by atoms with Crippen molar-refractivity contribution in [3.8, 4) is 5.75 Å². The number of nitrogens with one attached hydrogen (secondary N) is 2. The topological polar surface area (TPSA) is 74.4 Å². The fourth-order valence-electron chi connectivity index (χ4n) is 3.08. The predicted octanol–water partition coefficient (Wildman–Crippen LogP) is 3.75. The van der Waals surface area contributed by atoms with Gasteiger partial charge in [0.1, 0.15) is 5.75 Å². The number of carbonyl (C=O) groups excluding carboxylic acids is 2. The maximum atomic E-state index is 12.6. The highest BCUT2D eigenvalue weighted by Crippen LogP contribution is 2.22. The lowest BCUT2D eigenvalue weighted by Gasteiger charge is -2.21. The van der Waals surface area contributed by atoms with Gasteiger partial charge in [-0.1, -0.05) is 12.1 Å². The molecule has 3 rings (SSSR count). The summed E-state index contributed by atoms with van der Waals surface area (Å²) in [5.74, 6) is 0.508. The molecule has 0 fully saturated rings. The van der Waals surface area contributed by atoms with E-state index in [0.717, 1.165) is 27.9 Å². The molecule has 3 aromatic rings. The van der Waals surface area contributed by atoms with Gasteiger partial charge in [-0.25, -0.2) is 0 Å². The Labute approximate surface area is 170 Å². The number of fused-ring (bicyclic) bond motifs is 1. The third-order valence-electron chi connectivity index (χ3n) is 4.65. The van der Waals surface area contributed by atoms with Crippen LogP contribution in [0.1, 0.15) is 18.9 Å². The van der Waals surface area contributed by atoms with Crippen molar-refractivity contribution in [1.29, 1.82) is 0 Å². The first kappa shape index (κ1) is 20.2. The standard InChI is InChI=1S/C23H25N3O3/c1-3-26(19-7-10-21-18(16-19)12-14-24-21)23(28)13-15-25-22(27)11-6-17-4-8-20(29-2)9-5-17/h4-12,14,16,24H,3,13,15H2,1-2H3,(H,25,27)/b11-6+. The van der Waals surface area contributed by atoms with E-state index in [-0.39, 0.29) is 24.8 Å². The molecular weight excluding hydrogens is 366 g/mol. The number of benzene rings is 2. The number of methoxy groups -OCH3 is 1. The van der Waals surface area contributed by atoms with Crippen LogP contribution in [0.5, 0.6) is 5.75 Å². The largest absolute Gasteiger partial charge is 0.497 e. The molecule has 1 aromatic heterocycles. The second-order valence-corrected chi connectivity index (χ2v) is 6.53. The summed E-state index contributed by atoms with van der Waals surface area (Å²) in [6.07, 6.45) is 5.30. The Kier molecular flexibility index (Phi) is 6.68. The first-order chi connectivity index (χ1) is 14.1. The average molecular weight is 391 g/mol. The summed E-state index contributed by atoms with van der Waals surface area (Å²) in [5, 5.41) is 3.82. The van der Waals surface area contributed by atoms with Gasteiger partial charge in [-0.3, -0.25) is 9.59 Å². The third-order valence-corrected chi connectivity index (χ3v) is 4.65. The second-order valence-electron chi connectivity index (χ2n) is 6.53. The summed E-state index contributed by atoms with van der Waals surface area (Å²) in [6, 6.07) is 15.3. The second kappa shape index (κ2) is 9.59. The molecule has 1 heterocycles. The van der Waals surface area contributed by atoms with E-state index in [1.807, 2.05) is 61.7 Å². The maximum Gasteiger partial charge on any atom is 0.244 e. The lowest BCUT2D eigenvalue weighted by atomic mass is 10.2. The zero-order chi connectivity index (χ0) is 20.6. The molecule has 2 amide bonds. The molecule has 2 N–H and O–H groups in total. The van der Waals surface area contributed by atoms with E-state index in [1.54, 1.807) is 18.1 Å². The van der Waals surface area contributed by atoms with Gasteiger partial charge in [-0.05, 0) is 55.0 Å². The van der Waals surface area contributed by atoms with Gasteiger partial charge in [0.25, 0.3) is 0 Å². The fourth-order valence-corrected chi connectivity index (χ4v) is 3.08. The number of aromatic amines is 1. The minimum atomic E-state index is -0.231. The minimum Gasteiger partial charge on any atom is -0.497 e. The van der Waals surface area contributed by atoms with Crippen LogP contribution in [0.2, 0.25) is 0 Å². The smallest absolute Gasteiger partial charge is 0.244 e. The highest BCUT2D eigenvalue weighted by Gasteiger charge is 2.14. The number of hydrogen-bond acceptors (Lipinski definition) is 3. The summed E-state index contributed by atoms with van der Waals surface area (Å²) in [7, 11) is 1.61. The maximum absolute atomic E-state index is 12.6. The van der Waals surface area contributed by atoms with E-state index < -0.39 is 0 Å². The quantitative estimate of drug-likeness (QED) is 0.575. The first-order valence-corrected chi connectivity index (χ1v) is 9.58. The molecule has 6 nitrogen and oxygen atoms in total. The van der Waals surface area contributed by atoms with Crippen LogP contribution in [0.3, 0.4) is 0 Å². The molecule has 150 valence electrons. The van der Waals surface area contributed by atoms with E-state index >= 15 is 0 Å². The molecule has 0 spiro atoms.